The van der Waals surface area contributed by atoms with Gasteiger partial charge in [-0.15, -0.1) is 23.5 Å². The van der Waals surface area contributed by atoms with E-state index in [1.165, 1.54) is 22.2 Å². The van der Waals surface area contributed by atoms with Gasteiger partial charge in [0.05, 0.1) is 11.3 Å². The average Bonchev–Trinajstić information content (AvgIpc) is 3.26. The highest BCUT2D eigenvalue weighted by Gasteiger charge is 2.19. The van der Waals surface area contributed by atoms with Crippen molar-refractivity contribution >= 4 is 35.3 Å². The minimum absolute atomic E-state index is 0.0822. The number of likely N-dealkylation sites (tertiary alicyclic amines) is 1. The minimum atomic E-state index is -0.0822. The first-order valence-electron chi connectivity index (χ1n) is 9.61. The Morgan fingerprint density at radius 1 is 1.00 bits per heavy atom. The number of carbonyl (C=O) groups excluding carboxylic acids is 2. The molecule has 1 fully saturated rings. The normalized spacial score (nSPS) is 13.5. The number of carbonyl (C=O) groups is 2. The third kappa shape index (κ3) is 6.04. The van der Waals surface area contributed by atoms with E-state index in [2.05, 4.69) is 36.5 Å². The van der Waals surface area contributed by atoms with Gasteiger partial charge in [0.2, 0.25) is 5.91 Å². The van der Waals surface area contributed by atoms with Crippen LogP contribution >= 0.6 is 23.5 Å². The Balaban J connectivity index is 1.47. The van der Waals surface area contributed by atoms with E-state index in [0.717, 1.165) is 36.6 Å². The Hall–Kier alpha value is -1.92. The van der Waals surface area contributed by atoms with Crippen molar-refractivity contribution in [3.8, 4) is 0 Å². The molecular weight excluding hydrogens is 388 g/mol. The highest BCUT2D eigenvalue weighted by molar-refractivity contribution is 8.00. The van der Waals surface area contributed by atoms with Crippen LogP contribution in [0, 0.1) is 6.92 Å². The van der Waals surface area contributed by atoms with E-state index < -0.39 is 0 Å². The summed E-state index contributed by atoms with van der Waals surface area (Å²) in [5, 5.41) is 3.00. The highest BCUT2D eigenvalue weighted by atomic mass is 32.2. The molecule has 148 valence electrons. The summed E-state index contributed by atoms with van der Waals surface area (Å²) in [5.74, 6) is 1.28. The Morgan fingerprint density at radius 2 is 1.71 bits per heavy atom. The van der Waals surface area contributed by atoms with Crippen LogP contribution in [-0.2, 0) is 4.79 Å². The third-order valence-corrected chi connectivity index (χ3v) is 6.69. The molecule has 1 aliphatic rings. The van der Waals surface area contributed by atoms with Gasteiger partial charge in [0.15, 0.2) is 0 Å². The molecule has 2 aromatic rings. The van der Waals surface area contributed by atoms with Crippen LogP contribution in [0.2, 0.25) is 0 Å². The second-order valence-electron chi connectivity index (χ2n) is 6.79. The number of nitrogens with zero attached hydrogens (tertiary/aromatic N) is 1. The zero-order chi connectivity index (χ0) is 19.8. The zero-order valence-electron chi connectivity index (χ0n) is 16.1. The van der Waals surface area contributed by atoms with Crippen molar-refractivity contribution in [3.05, 3.63) is 59.7 Å². The molecule has 4 nitrogen and oxygen atoms in total. The Kier molecular flexibility index (Phi) is 7.86. The van der Waals surface area contributed by atoms with Crippen LogP contribution in [0.15, 0.2) is 58.3 Å². The predicted molar refractivity (Wildman–Crippen MR) is 117 cm³/mol. The molecule has 0 spiro atoms. The standard InChI is InChI=1S/C22H26N2O2S2/c1-17-8-10-18(11-9-17)27-15-12-23-22(26)19-6-2-3-7-20(19)28-16-21(25)24-13-4-5-14-24/h2-3,6-11H,4-5,12-16H2,1H3,(H,23,26). The summed E-state index contributed by atoms with van der Waals surface area (Å²) in [7, 11) is 0. The Morgan fingerprint density at radius 3 is 2.46 bits per heavy atom. The largest absolute Gasteiger partial charge is 0.351 e. The van der Waals surface area contributed by atoms with Gasteiger partial charge in [0.1, 0.15) is 0 Å². The summed E-state index contributed by atoms with van der Waals surface area (Å²) in [6.07, 6.45) is 2.19. The van der Waals surface area contributed by atoms with Crippen LogP contribution in [0.4, 0.5) is 0 Å². The number of amides is 2. The maximum Gasteiger partial charge on any atom is 0.252 e. The summed E-state index contributed by atoms with van der Waals surface area (Å²) in [6.45, 7) is 4.40. The topological polar surface area (TPSA) is 49.4 Å². The van der Waals surface area contributed by atoms with Gasteiger partial charge in [-0.2, -0.15) is 0 Å². The lowest BCUT2D eigenvalue weighted by Gasteiger charge is -2.15. The van der Waals surface area contributed by atoms with E-state index in [4.69, 9.17) is 0 Å². The smallest absolute Gasteiger partial charge is 0.252 e. The third-order valence-electron chi connectivity index (χ3n) is 4.62. The molecule has 0 aliphatic carbocycles. The first-order valence-corrected chi connectivity index (χ1v) is 11.6. The average molecular weight is 415 g/mol. The van der Waals surface area contributed by atoms with Crippen molar-refractivity contribution in [2.45, 2.75) is 29.6 Å². The van der Waals surface area contributed by atoms with Crippen LogP contribution in [0.5, 0.6) is 0 Å². The molecule has 1 heterocycles. The minimum Gasteiger partial charge on any atom is -0.351 e. The van der Waals surface area contributed by atoms with Gasteiger partial charge in [0.25, 0.3) is 5.91 Å². The molecular formula is C22H26N2O2S2. The number of nitrogens with one attached hydrogen (secondary N) is 1. The fraction of sp³-hybridized carbons (Fsp3) is 0.364. The molecule has 1 N–H and O–H groups in total. The molecule has 1 aliphatic heterocycles. The van der Waals surface area contributed by atoms with Gasteiger partial charge in [-0.25, -0.2) is 0 Å². The molecule has 0 atom stereocenters. The molecule has 6 heteroatoms. The second kappa shape index (κ2) is 10.6. The summed E-state index contributed by atoms with van der Waals surface area (Å²) in [5.41, 5.74) is 1.89. The maximum absolute atomic E-state index is 12.6. The molecule has 0 bridgehead atoms. The van der Waals surface area contributed by atoms with Gasteiger partial charge >= 0.3 is 0 Å². The van der Waals surface area contributed by atoms with Crippen molar-refractivity contribution in [2.75, 3.05) is 31.1 Å². The molecule has 2 aromatic carbocycles. The monoisotopic (exact) mass is 414 g/mol. The van der Waals surface area contributed by atoms with Crippen LogP contribution in [0.3, 0.4) is 0 Å². The van der Waals surface area contributed by atoms with Crippen LogP contribution in [0.1, 0.15) is 28.8 Å². The fourth-order valence-corrected chi connectivity index (χ4v) is 4.76. The van der Waals surface area contributed by atoms with E-state index >= 15 is 0 Å². The van der Waals surface area contributed by atoms with E-state index in [0.29, 0.717) is 17.9 Å². The predicted octanol–water partition coefficient (Wildman–Crippen LogP) is 4.23. The molecule has 3 rings (SSSR count). The molecule has 0 radical (unpaired) electrons. The van der Waals surface area contributed by atoms with Gasteiger partial charge in [0, 0.05) is 35.2 Å². The number of thioether (sulfide) groups is 2. The quantitative estimate of drug-likeness (QED) is 0.519. The van der Waals surface area contributed by atoms with Gasteiger partial charge in [-0.3, -0.25) is 9.59 Å². The number of aryl methyl sites for hydroxylation is 1. The molecule has 28 heavy (non-hydrogen) atoms. The molecule has 0 saturated carbocycles. The van der Waals surface area contributed by atoms with Gasteiger partial charge in [-0.1, -0.05) is 29.8 Å². The lowest BCUT2D eigenvalue weighted by atomic mass is 10.2. The van der Waals surface area contributed by atoms with Crippen LogP contribution in [0.25, 0.3) is 0 Å². The molecule has 1 saturated heterocycles. The molecule has 0 aromatic heterocycles. The van der Waals surface area contributed by atoms with E-state index in [1.54, 1.807) is 11.8 Å². The number of rotatable bonds is 8. The summed E-state index contributed by atoms with van der Waals surface area (Å²) in [4.78, 5) is 28.8. The lowest BCUT2D eigenvalue weighted by molar-refractivity contribution is -0.127. The summed E-state index contributed by atoms with van der Waals surface area (Å²) in [6, 6.07) is 15.9. The molecule has 0 unspecified atom stereocenters. The van der Waals surface area contributed by atoms with Crippen molar-refractivity contribution in [1.29, 1.82) is 0 Å². The van der Waals surface area contributed by atoms with Crippen LogP contribution in [-0.4, -0.2) is 47.9 Å². The Labute approximate surface area is 175 Å². The number of hydrogen-bond donors (Lipinski definition) is 1. The van der Waals surface area contributed by atoms with Crippen molar-refractivity contribution < 1.29 is 9.59 Å². The van der Waals surface area contributed by atoms with Crippen molar-refractivity contribution in [2.24, 2.45) is 0 Å². The van der Waals surface area contributed by atoms with Crippen LogP contribution < -0.4 is 5.32 Å². The lowest BCUT2D eigenvalue weighted by Crippen LogP contribution is -2.29. The maximum atomic E-state index is 12.6. The summed E-state index contributed by atoms with van der Waals surface area (Å²) >= 11 is 3.18. The van der Waals surface area contributed by atoms with Gasteiger partial charge < -0.3 is 10.2 Å². The molecule has 2 amide bonds. The first kappa shape index (κ1) is 20.8. The van der Waals surface area contributed by atoms with E-state index in [1.807, 2.05) is 29.2 Å². The highest BCUT2D eigenvalue weighted by Crippen LogP contribution is 2.24. The van der Waals surface area contributed by atoms with E-state index in [-0.39, 0.29) is 11.8 Å². The van der Waals surface area contributed by atoms with Crippen molar-refractivity contribution in [1.82, 2.24) is 10.2 Å². The zero-order valence-corrected chi connectivity index (χ0v) is 17.8. The number of hydrogen-bond acceptors (Lipinski definition) is 4. The van der Waals surface area contributed by atoms with Crippen molar-refractivity contribution in [3.63, 3.8) is 0 Å². The second-order valence-corrected chi connectivity index (χ2v) is 8.98. The summed E-state index contributed by atoms with van der Waals surface area (Å²) < 4.78 is 0. The van der Waals surface area contributed by atoms with E-state index in [9.17, 15) is 9.59 Å². The first-order chi connectivity index (χ1) is 13.6. The SMILES string of the molecule is Cc1ccc(SCCNC(=O)c2ccccc2SCC(=O)N2CCCC2)cc1. The van der Waals surface area contributed by atoms with Gasteiger partial charge in [-0.05, 0) is 44.0 Å². The Bertz CT molecular complexity index is 802. The fourth-order valence-electron chi connectivity index (χ4n) is 3.04. The number of benzene rings is 2.